The van der Waals surface area contributed by atoms with Gasteiger partial charge in [-0.15, -0.1) is 6.58 Å². The van der Waals surface area contributed by atoms with Gasteiger partial charge in [0.15, 0.2) is 0 Å². The third kappa shape index (κ3) is 10.4. The van der Waals surface area contributed by atoms with E-state index in [0.717, 1.165) is 13.1 Å². The summed E-state index contributed by atoms with van der Waals surface area (Å²) in [5.74, 6) is 0. The van der Waals surface area contributed by atoms with E-state index in [0.29, 0.717) is 0 Å². The number of nitrogens with one attached hydrogen (secondary N) is 1. The zero-order chi connectivity index (χ0) is 8.36. The third-order valence-electron chi connectivity index (χ3n) is 1.53. The molecular formula is C9H18IN. The molecular weight excluding hydrogens is 249 g/mol. The molecule has 0 aromatic heterocycles. The van der Waals surface area contributed by atoms with Crippen LogP contribution in [0.5, 0.6) is 0 Å². The van der Waals surface area contributed by atoms with Gasteiger partial charge in [0, 0.05) is 6.54 Å². The Morgan fingerprint density at radius 2 is 1.91 bits per heavy atom. The second-order valence-corrected chi connectivity index (χ2v) is 3.67. The van der Waals surface area contributed by atoms with Crippen LogP contribution in [0.4, 0.5) is 0 Å². The first-order valence-corrected chi connectivity index (χ1v) is 5.82. The summed E-state index contributed by atoms with van der Waals surface area (Å²) < 4.78 is 1.30. The molecule has 0 aromatic carbocycles. The van der Waals surface area contributed by atoms with E-state index in [1.165, 1.54) is 30.1 Å². The minimum atomic E-state index is 0.951. The van der Waals surface area contributed by atoms with Gasteiger partial charge in [-0.25, -0.2) is 0 Å². The van der Waals surface area contributed by atoms with Crippen LogP contribution in [0.25, 0.3) is 0 Å². The third-order valence-corrected chi connectivity index (χ3v) is 2.29. The van der Waals surface area contributed by atoms with Crippen LogP contribution in [-0.2, 0) is 0 Å². The summed E-state index contributed by atoms with van der Waals surface area (Å²) in [7, 11) is 0. The van der Waals surface area contributed by atoms with Crippen molar-refractivity contribution in [3.05, 3.63) is 12.7 Å². The van der Waals surface area contributed by atoms with Crippen LogP contribution in [0.1, 0.15) is 25.7 Å². The van der Waals surface area contributed by atoms with Crippen LogP contribution >= 0.6 is 22.6 Å². The summed E-state index contributed by atoms with van der Waals surface area (Å²) in [5, 5.41) is 3.29. The average Bonchev–Trinajstić information content (AvgIpc) is 2.03. The molecule has 0 aliphatic carbocycles. The van der Waals surface area contributed by atoms with Gasteiger partial charge in [0.25, 0.3) is 0 Å². The zero-order valence-corrected chi connectivity index (χ0v) is 9.27. The highest BCUT2D eigenvalue weighted by molar-refractivity contribution is 14.1. The molecule has 0 saturated carbocycles. The number of alkyl halides is 1. The predicted octanol–water partition coefficient (Wildman–Crippen LogP) is 2.76. The first-order chi connectivity index (χ1) is 5.41. The average molecular weight is 267 g/mol. The summed E-state index contributed by atoms with van der Waals surface area (Å²) in [6.45, 7) is 5.74. The van der Waals surface area contributed by atoms with Crippen molar-refractivity contribution in [1.82, 2.24) is 5.32 Å². The maximum atomic E-state index is 3.64. The summed E-state index contributed by atoms with van der Waals surface area (Å²) in [6, 6.07) is 0. The highest BCUT2D eigenvalue weighted by Gasteiger charge is 1.87. The summed E-state index contributed by atoms with van der Waals surface area (Å²) in [5.41, 5.74) is 0. The number of unbranched alkanes of at least 4 members (excludes halogenated alkanes) is 3. The molecule has 2 heteroatoms. The SMILES string of the molecule is C=CCNCCCCCCI. The van der Waals surface area contributed by atoms with Crippen molar-refractivity contribution in [3.63, 3.8) is 0 Å². The Labute approximate surface area is 83.8 Å². The monoisotopic (exact) mass is 267 g/mol. The molecule has 0 rings (SSSR count). The highest BCUT2D eigenvalue weighted by Crippen LogP contribution is 2.00. The lowest BCUT2D eigenvalue weighted by molar-refractivity contribution is 0.624. The first-order valence-electron chi connectivity index (χ1n) is 4.29. The van der Waals surface area contributed by atoms with Crippen LogP contribution in [0.2, 0.25) is 0 Å². The number of hydrogen-bond donors (Lipinski definition) is 1. The molecule has 11 heavy (non-hydrogen) atoms. The van der Waals surface area contributed by atoms with Crippen molar-refractivity contribution in [1.29, 1.82) is 0 Å². The van der Waals surface area contributed by atoms with Crippen molar-refractivity contribution in [3.8, 4) is 0 Å². The van der Waals surface area contributed by atoms with E-state index in [1.54, 1.807) is 0 Å². The Morgan fingerprint density at radius 3 is 2.55 bits per heavy atom. The maximum absolute atomic E-state index is 3.64. The van der Waals surface area contributed by atoms with Gasteiger partial charge in [-0.05, 0) is 23.8 Å². The standard InChI is InChI=1S/C9H18IN/c1-2-8-11-9-6-4-3-5-7-10/h2,11H,1,3-9H2. The van der Waals surface area contributed by atoms with E-state index in [2.05, 4.69) is 34.5 Å². The molecule has 0 radical (unpaired) electrons. The van der Waals surface area contributed by atoms with Gasteiger partial charge in [-0.2, -0.15) is 0 Å². The number of halogens is 1. The minimum absolute atomic E-state index is 0.951. The fraction of sp³-hybridized carbons (Fsp3) is 0.778. The summed E-state index contributed by atoms with van der Waals surface area (Å²) in [6.07, 6.45) is 7.35. The van der Waals surface area contributed by atoms with Gasteiger partial charge in [-0.3, -0.25) is 0 Å². The molecule has 1 N–H and O–H groups in total. The molecule has 0 fully saturated rings. The van der Waals surface area contributed by atoms with E-state index < -0.39 is 0 Å². The normalized spacial score (nSPS) is 9.91. The molecule has 0 aliphatic heterocycles. The lowest BCUT2D eigenvalue weighted by Crippen LogP contribution is -2.14. The van der Waals surface area contributed by atoms with Crippen LogP contribution in [0, 0.1) is 0 Å². The van der Waals surface area contributed by atoms with Crippen LogP contribution in [0.3, 0.4) is 0 Å². The molecule has 0 aliphatic rings. The van der Waals surface area contributed by atoms with Crippen molar-refractivity contribution in [2.24, 2.45) is 0 Å². The van der Waals surface area contributed by atoms with Crippen molar-refractivity contribution < 1.29 is 0 Å². The van der Waals surface area contributed by atoms with E-state index in [9.17, 15) is 0 Å². The van der Waals surface area contributed by atoms with Crippen molar-refractivity contribution >= 4 is 22.6 Å². The smallest absolute Gasteiger partial charge is 0.0132 e. The Kier molecular flexibility index (Phi) is 10.8. The molecule has 0 heterocycles. The van der Waals surface area contributed by atoms with Gasteiger partial charge in [0.2, 0.25) is 0 Å². The molecule has 0 amide bonds. The molecule has 0 unspecified atom stereocenters. The van der Waals surface area contributed by atoms with Gasteiger partial charge in [0.05, 0.1) is 0 Å². The second-order valence-electron chi connectivity index (χ2n) is 2.60. The first kappa shape index (κ1) is 11.4. The van der Waals surface area contributed by atoms with Gasteiger partial charge in [0.1, 0.15) is 0 Å². The molecule has 0 bridgehead atoms. The fourth-order valence-electron chi connectivity index (χ4n) is 0.902. The Hall–Kier alpha value is 0.430. The van der Waals surface area contributed by atoms with Crippen molar-refractivity contribution in [2.75, 3.05) is 17.5 Å². The Balaban J connectivity index is 2.74. The molecule has 0 spiro atoms. The zero-order valence-electron chi connectivity index (χ0n) is 7.11. The summed E-state index contributed by atoms with van der Waals surface area (Å²) >= 11 is 2.43. The van der Waals surface area contributed by atoms with Gasteiger partial charge >= 0.3 is 0 Å². The lowest BCUT2D eigenvalue weighted by Gasteiger charge is -2.00. The minimum Gasteiger partial charge on any atom is -0.313 e. The molecule has 0 atom stereocenters. The van der Waals surface area contributed by atoms with Crippen molar-refractivity contribution in [2.45, 2.75) is 25.7 Å². The Morgan fingerprint density at radius 1 is 1.18 bits per heavy atom. The molecule has 0 aromatic rings. The Bertz CT molecular complexity index is 83.6. The quantitative estimate of drug-likeness (QED) is 0.308. The van der Waals surface area contributed by atoms with Crippen LogP contribution in [-0.4, -0.2) is 17.5 Å². The van der Waals surface area contributed by atoms with E-state index in [1.807, 2.05) is 6.08 Å². The molecule has 1 nitrogen and oxygen atoms in total. The largest absolute Gasteiger partial charge is 0.313 e. The maximum Gasteiger partial charge on any atom is 0.0132 e. The van der Waals surface area contributed by atoms with Gasteiger partial charge in [-0.1, -0.05) is 41.5 Å². The number of rotatable bonds is 8. The number of hydrogen-bond acceptors (Lipinski definition) is 1. The van der Waals surface area contributed by atoms with E-state index >= 15 is 0 Å². The van der Waals surface area contributed by atoms with E-state index in [-0.39, 0.29) is 0 Å². The second kappa shape index (κ2) is 10.4. The highest BCUT2D eigenvalue weighted by atomic mass is 127. The molecule has 66 valence electrons. The van der Waals surface area contributed by atoms with E-state index in [4.69, 9.17) is 0 Å². The van der Waals surface area contributed by atoms with Crippen LogP contribution in [0.15, 0.2) is 12.7 Å². The predicted molar refractivity (Wildman–Crippen MR) is 60.4 cm³/mol. The topological polar surface area (TPSA) is 12.0 Å². The summed E-state index contributed by atoms with van der Waals surface area (Å²) in [4.78, 5) is 0. The fourth-order valence-corrected chi connectivity index (χ4v) is 1.44. The lowest BCUT2D eigenvalue weighted by atomic mass is 10.2. The van der Waals surface area contributed by atoms with Gasteiger partial charge < -0.3 is 5.32 Å². The van der Waals surface area contributed by atoms with Crippen LogP contribution < -0.4 is 5.32 Å². The molecule has 0 saturated heterocycles.